The first-order chi connectivity index (χ1) is 11.4. The minimum atomic E-state index is -0.212. The monoisotopic (exact) mass is 402 g/mol. The summed E-state index contributed by atoms with van der Waals surface area (Å²) < 4.78 is 0.910. The standard InChI is InChI=1S/C16H12BrN5OS/c1-9-2-3-12(5-13(9)17)21-14(23)8-24-16-11(7-19)4-10(6-18)15(20)22-16/h2-5H,8H2,1H3,(H2,20,22)(H,21,23)/p+1. The number of thioether (sulfide) groups is 1. The molecule has 0 saturated carbocycles. The first-order valence-electron chi connectivity index (χ1n) is 6.79. The molecule has 0 atom stereocenters. The van der Waals surface area contributed by atoms with Crippen molar-refractivity contribution < 1.29 is 9.78 Å². The van der Waals surface area contributed by atoms with Crippen LogP contribution in [0.5, 0.6) is 0 Å². The van der Waals surface area contributed by atoms with E-state index in [9.17, 15) is 4.79 Å². The second-order valence-corrected chi connectivity index (χ2v) is 6.70. The number of aromatic nitrogens is 1. The summed E-state index contributed by atoms with van der Waals surface area (Å²) in [6.07, 6.45) is 0. The van der Waals surface area contributed by atoms with E-state index in [4.69, 9.17) is 16.3 Å². The Morgan fingerprint density at radius 3 is 2.67 bits per heavy atom. The fraction of sp³-hybridized carbons (Fsp3) is 0.125. The topological polar surface area (TPSA) is 117 Å². The van der Waals surface area contributed by atoms with Crippen molar-refractivity contribution in [1.29, 1.82) is 10.5 Å². The highest BCUT2D eigenvalue weighted by atomic mass is 79.9. The van der Waals surface area contributed by atoms with Crippen LogP contribution >= 0.6 is 27.7 Å². The molecule has 4 N–H and O–H groups in total. The molecule has 1 heterocycles. The average Bonchev–Trinajstić information content (AvgIpc) is 2.56. The molecule has 24 heavy (non-hydrogen) atoms. The molecule has 0 fully saturated rings. The normalized spacial score (nSPS) is 9.83. The highest BCUT2D eigenvalue weighted by molar-refractivity contribution is 9.10. The number of nitrogens with zero attached hydrogens (tertiary/aromatic N) is 2. The number of nitrogens with one attached hydrogen (secondary N) is 2. The van der Waals surface area contributed by atoms with Gasteiger partial charge < -0.3 is 5.32 Å². The average molecular weight is 403 g/mol. The van der Waals surface area contributed by atoms with Crippen LogP contribution in [0.1, 0.15) is 16.7 Å². The zero-order valence-electron chi connectivity index (χ0n) is 12.7. The zero-order valence-corrected chi connectivity index (χ0v) is 15.1. The lowest BCUT2D eigenvalue weighted by Crippen LogP contribution is -2.19. The molecule has 0 bridgehead atoms. The van der Waals surface area contributed by atoms with E-state index in [-0.39, 0.29) is 28.6 Å². The van der Waals surface area contributed by atoms with Crippen molar-refractivity contribution in [2.45, 2.75) is 11.9 Å². The quantitative estimate of drug-likeness (QED) is 0.762. The molecule has 2 aromatic rings. The summed E-state index contributed by atoms with van der Waals surface area (Å²) in [6, 6.07) is 10.8. The number of nitriles is 2. The Hall–Kier alpha value is -2.55. The number of benzene rings is 1. The largest absolute Gasteiger partial charge is 0.325 e. The Morgan fingerprint density at radius 1 is 1.33 bits per heavy atom. The number of nitrogen functional groups attached to an aromatic ring is 1. The number of hydrogen-bond acceptors (Lipinski definition) is 5. The van der Waals surface area contributed by atoms with Gasteiger partial charge in [0.15, 0.2) is 5.03 Å². The molecule has 1 aromatic heterocycles. The Kier molecular flexibility index (Phi) is 5.80. The predicted molar refractivity (Wildman–Crippen MR) is 95.1 cm³/mol. The van der Waals surface area contributed by atoms with E-state index < -0.39 is 0 Å². The minimum Gasteiger partial charge on any atom is -0.325 e. The van der Waals surface area contributed by atoms with Crippen molar-refractivity contribution in [3.05, 3.63) is 45.4 Å². The fourth-order valence-corrected chi connectivity index (χ4v) is 3.01. The zero-order chi connectivity index (χ0) is 17.7. The molecule has 0 radical (unpaired) electrons. The number of aryl methyl sites for hydroxylation is 1. The lowest BCUT2D eigenvalue weighted by molar-refractivity contribution is -0.410. The van der Waals surface area contributed by atoms with Gasteiger partial charge in [-0.2, -0.15) is 10.5 Å². The third-order valence-corrected chi connectivity index (χ3v) is 4.99. The summed E-state index contributed by atoms with van der Waals surface area (Å²) in [7, 11) is 0. The van der Waals surface area contributed by atoms with Gasteiger partial charge in [-0.25, -0.2) is 4.98 Å². The SMILES string of the molecule is Cc1ccc(NC(=O)CSc2[nH+]c(N)c(C#N)cc2C#N)cc1Br. The van der Waals surface area contributed by atoms with Crippen LogP contribution in [0.2, 0.25) is 0 Å². The molecule has 0 aliphatic carbocycles. The van der Waals surface area contributed by atoms with Gasteiger partial charge in [-0.15, -0.1) is 0 Å². The van der Waals surface area contributed by atoms with Gasteiger partial charge in [0, 0.05) is 10.2 Å². The summed E-state index contributed by atoms with van der Waals surface area (Å²) in [6.45, 7) is 1.96. The molecule has 0 aliphatic heterocycles. The molecule has 0 aliphatic rings. The third-order valence-electron chi connectivity index (χ3n) is 3.12. The van der Waals surface area contributed by atoms with Gasteiger partial charge >= 0.3 is 0 Å². The number of carbonyl (C=O) groups excluding carboxylic acids is 1. The van der Waals surface area contributed by atoms with Crippen molar-refractivity contribution >= 4 is 45.1 Å². The van der Waals surface area contributed by atoms with Gasteiger partial charge in [-0.1, -0.05) is 33.8 Å². The molecule has 6 nitrogen and oxygen atoms in total. The molecule has 0 spiro atoms. The number of rotatable bonds is 4. The highest BCUT2D eigenvalue weighted by Crippen LogP contribution is 2.22. The number of pyridine rings is 1. The van der Waals surface area contributed by atoms with Crippen molar-refractivity contribution in [2.75, 3.05) is 16.8 Å². The van der Waals surface area contributed by atoms with Crippen LogP contribution in [-0.4, -0.2) is 11.7 Å². The van der Waals surface area contributed by atoms with Gasteiger partial charge in [0.2, 0.25) is 5.91 Å². The van der Waals surface area contributed by atoms with E-state index in [0.717, 1.165) is 21.8 Å². The molecular formula is C16H13BrN5OS+. The maximum absolute atomic E-state index is 12.1. The Balaban J connectivity index is 2.06. The van der Waals surface area contributed by atoms with E-state index in [1.54, 1.807) is 0 Å². The Morgan fingerprint density at radius 2 is 2.04 bits per heavy atom. The van der Waals surface area contributed by atoms with E-state index in [1.807, 2.05) is 37.3 Å². The summed E-state index contributed by atoms with van der Waals surface area (Å²) in [5, 5.41) is 21.3. The van der Waals surface area contributed by atoms with Crippen molar-refractivity contribution in [2.24, 2.45) is 0 Å². The van der Waals surface area contributed by atoms with E-state index in [1.165, 1.54) is 6.07 Å². The summed E-state index contributed by atoms with van der Waals surface area (Å²) in [5.74, 6) is 0.0556. The number of carbonyl (C=O) groups is 1. The second-order valence-electron chi connectivity index (χ2n) is 4.86. The molecule has 1 aromatic carbocycles. The molecular weight excluding hydrogens is 390 g/mol. The van der Waals surface area contributed by atoms with Gasteiger partial charge in [0.25, 0.3) is 5.82 Å². The van der Waals surface area contributed by atoms with Crippen molar-refractivity contribution in [3.8, 4) is 12.1 Å². The molecule has 0 saturated heterocycles. The van der Waals surface area contributed by atoms with Crippen LogP contribution < -0.4 is 16.0 Å². The number of anilines is 2. The molecule has 0 unspecified atom stereocenters. The smallest absolute Gasteiger partial charge is 0.289 e. The number of H-pyrrole nitrogens is 1. The summed E-state index contributed by atoms with van der Waals surface area (Å²) >= 11 is 4.56. The highest BCUT2D eigenvalue weighted by Gasteiger charge is 2.16. The number of halogens is 1. The lowest BCUT2D eigenvalue weighted by atomic mass is 10.2. The molecule has 8 heteroatoms. The first-order valence-corrected chi connectivity index (χ1v) is 8.57. The number of aromatic amines is 1. The van der Waals surface area contributed by atoms with Crippen LogP contribution in [0.15, 0.2) is 33.8 Å². The number of amides is 1. The number of hydrogen-bond donors (Lipinski definition) is 2. The van der Waals surface area contributed by atoms with Gasteiger partial charge in [-0.05, 0) is 30.7 Å². The van der Waals surface area contributed by atoms with Crippen LogP contribution in [0, 0.1) is 29.6 Å². The second kappa shape index (κ2) is 7.82. The van der Waals surface area contributed by atoms with Gasteiger partial charge in [0.05, 0.1) is 5.75 Å². The van der Waals surface area contributed by atoms with Crippen LogP contribution in [0.3, 0.4) is 0 Å². The summed E-state index contributed by atoms with van der Waals surface area (Å²) in [5.41, 5.74) is 7.94. The molecule has 120 valence electrons. The van der Waals surface area contributed by atoms with Gasteiger partial charge in [0.1, 0.15) is 23.3 Å². The summed E-state index contributed by atoms with van der Waals surface area (Å²) in [4.78, 5) is 14.9. The molecule has 2 rings (SSSR count). The van der Waals surface area contributed by atoms with E-state index in [2.05, 4.69) is 26.2 Å². The number of nitrogens with two attached hydrogens (primary N) is 1. The van der Waals surface area contributed by atoms with Crippen molar-refractivity contribution in [1.82, 2.24) is 0 Å². The van der Waals surface area contributed by atoms with Crippen LogP contribution in [0.4, 0.5) is 11.5 Å². The van der Waals surface area contributed by atoms with Crippen LogP contribution in [-0.2, 0) is 4.79 Å². The Bertz CT molecular complexity index is 885. The Labute approximate surface area is 151 Å². The fourth-order valence-electron chi connectivity index (χ4n) is 1.84. The van der Waals surface area contributed by atoms with E-state index in [0.29, 0.717) is 10.7 Å². The first kappa shape index (κ1) is 17.8. The maximum Gasteiger partial charge on any atom is 0.289 e. The maximum atomic E-state index is 12.1. The van der Waals surface area contributed by atoms with Gasteiger partial charge in [-0.3, -0.25) is 10.5 Å². The van der Waals surface area contributed by atoms with Crippen LogP contribution in [0.25, 0.3) is 0 Å². The predicted octanol–water partition coefficient (Wildman–Crippen LogP) is 2.63. The minimum absolute atomic E-state index is 0.0992. The lowest BCUT2D eigenvalue weighted by Gasteiger charge is -2.07. The molecule has 1 amide bonds. The van der Waals surface area contributed by atoms with E-state index >= 15 is 0 Å². The third kappa shape index (κ3) is 4.25. The van der Waals surface area contributed by atoms with Crippen molar-refractivity contribution in [3.63, 3.8) is 0 Å².